The Bertz CT molecular complexity index is 794. The number of phenolic OH excluding ortho intramolecular Hbond substituents is 1. The molecule has 1 amide bonds. The summed E-state index contributed by atoms with van der Waals surface area (Å²) >= 11 is 6.08. The summed E-state index contributed by atoms with van der Waals surface area (Å²) in [5.41, 5.74) is 1.84. The van der Waals surface area contributed by atoms with Gasteiger partial charge in [0.1, 0.15) is 6.17 Å². The van der Waals surface area contributed by atoms with E-state index in [1.54, 1.807) is 35.2 Å². The first kappa shape index (κ1) is 17.4. The van der Waals surface area contributed by atoms with Gasteiger partial charge >= 0.3 is 0 Å². The number of aromatic hydroxyl groups is 1. The highest BCUT2D eigenvalue weighted by atomic mass is 35.5. The Balaban J connectivity index is 2.08. The minimum Gasteiger partial charge on any atom is -0.504 e. The summed E-state index contributed by atoms with van der Waals surface area (Å²) in [6.45, 7) is 4.89. The van der Waals surface area contributed by atoms with Crippen LogP contribution in [0, 0.1) is 0 Å². The Hall–Kier alpha value is -2.40. The second kappa shape index (κ2) is 7.23. The predicted octanol–water partition coefficient (Wildman–Crippen LogP) is 4.42. The number of carbonyl (C=O) groups is 1. The van der Waals surface area contributed by atoms with Gasteiger partial charge in [-0.1, -0.05) is 30.7 Å². The molecule has 1 atom stereocenters. The Labute approximate surface area is 152 Å². The number of halogens is 1. The van der Waals surface area contributed by atoms with Crippen molar-refractivity contribution in [3.05, 3.63) is 52.5 Å². The number of fused-ring (bicyclic) bond motifs is 1. The molecule has 2 aromatic carbocycles. The first-order chi connectivity index (χ1) is 12.1. The Kier molecular flexibility index (Phi) is 5.04. The normalized spacial score (nSPS) is 16.4. The van der Waals surface area contributed by atoms with Crippen LogP contribution in [0.3, 0.4) is 0 Å². The van der Waals surface area contributed by atoms with Crippen LogP contribution in [-0.2, 0) is 0 Å². The van der Waals surface area contributed by atoms with E-state index in [9.17, 15) is 9.90 Å². The largest absolute Gasteiger partial charge is 0.504 e. The summed E-state index contributed by atoms with van der Waals surface area (Å²) in [6, 6.07) is 10.5. The van der Waals surface area contributed by atoms with Gasteiger partial charge in [-0.25, -0.2) is 0 Å². The number of ether oxygens (including phenoxy) is 1. The zero-order valence-corrected chi connectivity index (χ0v) is 15.0. The van der Waals surface area contributed by atoms with E-state index in [2.05, 4.69) is 5.32 Å². The highest BCUT2D eigenvalue weighted by Crippen LogP contribution is 2.40. The van der Waals surface area contributed by atoms with Crippen LogP contribution >= 0.6 is 11.6 Å². The molecule has 1 aliphatic rings. The molecule has 0 aliphatic carbocycles. The van der Waals surface area contributed by atoms with Crippen molar-refractivity contribution in [3.63, 3.8) is 0 Å². The van der Waals surface area contributed by atoms with Crippen molar-refractivity contribution in [2.45, 2.75) is 26.4 Å². The molecular formula is C19H21ClN2O3. The van der Waals surface area contributed by atoms with E-state index in [0.29, 0.717) is 40.7 Å². The fourth-order valence-corrected chi connectivity index (χ4v) is 3.24. The van der Waals surface area contributed by atoms with Gasteiger partial charge < -0.3 is 20.1 Å². The number of hydrogen-bond donors (Lipinski definition) is 2. The lowest BCUT2D eigenvalue weighted by atomic mass is 10.0. The van der Waals surface area contributed by atoms with Gasteiger partial charge in [0, 0.05) is 17.1 Å². The molecule has 2 aromatic rings. The third-order valence-electron chi connectivity index (χ3n) is 4.17. The quantitative estimate of drug-likeness (QED) is 0.828. The number of anilines is 1. The molecule has 2 N–H and O–H groups in total. The van der Waals surface area contributed by atoms with Crippen molar-refractivity contribution in [2.75, 3.05) is 18.5 Å². The Morgan fingerprint density at radius 2 is 2.08 bits per heavy atom. The molecule has 0 fully saturated rings. The van der Waals surface area contributed by atoms with E-state index in [1.165, 1.54) is 0 Å². The molecule has 6 heteroatoms. The van der Waals surface area contributed by atoms with Crippen molar-refractivity contribution in [2.24, 2.45) is 0 Å². The van der Waals surface area contributed by atoms with Crippen LogP contribution in [0.1, 0.15) is 42.4 Å². The van der Waals surface area contributed by atoms with Gasteiger partial charge in [-0.15, -0.1) is 0 Å². The van der Waals surface area contributed by atoms with Crippen molar-refractivity contribution in [3.8, 4) is 11.5 Å². The van der Waals surface area contributed by atoms with Crippen LogP contribution in [0.4, 0.5) is 5.69 Å². The molecule has 0 saturated carbocycles. The van der Waals surface area contributed by atoms with Gasteiger partial charge in [-0.2, -0.15) is 0 Å². The smallest absolute Gasteiger partial charge is 0.257 e. The van der Waals surface area contributed by atoms with Gasteiger partial charge in [0.15, 0.2) is 11.5 Å². The zero-order valence-electron chi connectivity index (χ0n) is 14.3. The highest BCUT2D eigenvalue weighted by Gasteiger charge is 2.34. The fourth-order valence-electron chi connectivity index (χ4n) is 3.07. The van der Waals surface area contributed by atoms with E-state index in [4.69, 9.17) is 16.3 Å². The second-order valence-corrected chi connectivity index (χ2v) is 6.30. The van der Waals surface area contributed by atoms with Crippen LogP contribution < -0.4 is 10.1 Å². The SMILES string of the molecule is CCCN1C(=O)c2ccc(Cl)cc2NC1c1cccc(OCC)c1O. The molecule has 0 aromatic heterocycles. The van der Waals surface area contributed by atoms with Crippen LogP contribution in [0.15, 0.2) is 36.4 Å². The molecule has 1 aliphatic heterocycles. The number of benzene rings is 2. The van der Waals surface area contributed by atoms with Gasteiger partial charge in [-0.3, -0.25) is 4.79 Å². The van der Waals surface area contributed by atoms with E-state index in [0.717, 1.165) is 6.42 Å². The van der Waals surface area contributed by atoms with E-state index in [-0.39, 0.29) is 11.7 Å². The summed E-state index contributed by atoms with van der Waals surface area (Å²) in [5.74, 6) is 0.363. The van der Waals surface area contributed by atoms with Crippen molar-refractivity contribution >= 4 is 23.2 Å². The van der Waals surface area contributed by atoms with Crippen LogP contribution in [0.5, 0.6) is 11.5 Å². The van der Waals surface area contributed by atoms with Crippen molar-refractivity contribution < 1.29 is 14.6 Å². The minimum atomic E-state index is -0.487. The molecule has 3 rings (SSSR count). The predicted molar refractivity (Wildman–Crippen MR) is 98.4 cm³/mol. The second-order valence-electron chi connectivity index (χ2n) is 5.86. The lowest BCUT2D eigenvalue weighted by Gasteiger charge is -2.38. The third kappa shape index (κ3) is 3.24. The molecular weight excluding hydrogens is 340 g/mol. The molecule has 132 valence electrons. The number of nitrogens with one attached hydrogen (secondary N) is 1. The number of carbonyl (C=O) groups excluding carboxylic acids is 1. The maximum absolute atomic E-state index is 13.0. The Morgan fingerprint density at radius 1 is 1.28 bits per heavy atom. The van der Waals surface area contributed by atoms with Gasteiger partial charge in [0.05, 0.1) is 17.9 Å². The van der Waals surface area contributed by atoms with Crippen LogP contribution in [0.2, 0.25) is 5.02 Å². The van der Waals surface area contributed by atoms with Crippen LogP contribution in [0.25, 0.3) is 0 Å². The minimum absolute atomic E-state index is 0.0428. The van der Waals surface area contributed by atoms with E-state index in [1.807, 2.05) is 19.9 Å². The fraction of sp³-hybridized carbons (Fsp3) is 0.316. The summed E-state index contributed by atoms with van der Waals surface area (Å²) in [6.07, 6.45) is 0.317. The lowest BCUT2D eigenvalue weighted by molar-refractivity contribution is 0.0681. The highest BCUT2D eigenvalue weighted by molar-refractivity contribution is 6.31. The molecule has 1 unspecified atom stereocenters. The monoisotopic (exact) mass is 360 g/mol. The number of amides is 1. The Morgan fingerprint density at radius 3 is 2.80 bits per heavy atom. The zero-order chi connectivity index (χ0) is 18.0. The van der Waals surface area contributed by atoms with E-state index >= 15 is 0 Å². The maximum atomic E-state index is 13.0. The standard InChI is InChI=1S/C19H21ClN2O3/c1-3-10-22-18(14-6-5-7-16(17(14)23)25-4-2)21-15-11-12(20)8-9-13(15)19(22)24/h5-9,11,18,21,23H,3-4,10H2,1-2H3. The lowest BCUT2D eigenvalue weighted by Crippen LogP contribution is -2.43. The number of nitrogens with zero attached hydrogens (tertiary/aromatic N) is 1. The van der Waals surface area contributed by atoms with Crippen molar-refractivity contribution in [1.82, 2.24) is 4.90 Å². The molecule has 0 bridgehead atoms. The first-order valence-corrected chi connectivity index (χ1v) is 8.76. The third-order valence-corrected chi connectivity index (χ3v) is 4.40. The molecule has 5 nitrogen and oxygen atoms in total. The maximum Gasteiger partial charge on any atom is 0.257 e. The van der Waals surface area contributed by atoms with Gasteiger partial charge in [0.2, 0.25) is 0 Å². The summed E-state index contributed by atoms with van der Waals surface area (Å²) in [7, 11) is 0. The molecule has 0 radical (unpaired) electrons. The number of phenols is 1. The topological polar surface area (TPSA) is 61.8 Å². The van der Waals surface area contributed by atoms with Gasteiger partial charge in [0.25, 0.3) is 5.91 Å². The van der Waals surface area contributed by atoms with E-state index < -0.39 is 6.17 Å². The van der Waals surface area contributed by atoms with Gasteiger partial charge in [-0.05, 0) is 37.6 Å². The number of rotatable bonds is 5. The average Bonchev–Trinajstić information content (AvgIpc) is 2.59. The molecule has 0 spiro atoms. The van der Waals surface area contributed by atoms with Crippen molar-refractivity contribution in [1.29, 1.82) is 0 Å². The summed E-state index contributed by atoms with van der Waals surface area (Å²) < 4.78 is 5.48. The van der Waals surface area contributed by atoms with Crippen LogP contribution in [-0.4, -0.2) is 29.1 Å². The number of hydrogen-bond acceptors (Lipinski definition) is 4. The molecule has 25 heavy (non-hydrogen) atoms. The first-order valence-electron chi connectivity index (χ1n) is 8.38. The summed E-state index contributed by atoms with van der Waals surface area (Å²) in [5, 5.41) is 14.5. The average molecular weight is 361 g/mol. The molecule has 1 heterocycles. The molecule has 0 saturated heterocycles. The number of para-hydroxylation sites is 1. The summed E-state index contributed by atoms with van der Waals surface area (Å²) in [4.78, 5) is 14.7.